The van der Waals surface area contributed by atoms with Gasteiger partial charge in [0.25, 0.3) is 11.8 Å². The first-order valence-corrected chi connectivity index (χ1v) is 11.5. The highest BCUT2D eigenvalue weighted by Gasteiger charge is 2.67. The Hall–Kier alpha value is -2.73. The topological polar surface area (TPSA) is 59.0 Å². The third-order valence-electron chi connectivity index (χ3n) is 7.15. The van der Waals surface area contributed by atoms with Crippen molar-refractivity contribution < 1.29 is 14.3 Å². The van der Waals surface area contributed by atoms with Crippen LogP contribution in [0.1, 0.15) is 17.5 Å². The van der Waals surface area contributed by atoms with Gasteiger partial charge >= 0.3 is 0 Å². The first-order chi connectivity index (χ1) is 15.1. The van der Waals surface area contributed by atoms with Crippen molar-refractivity contribution in [2.24, 2.45) is 40.6 Å². The highest BCUT2D eigenvalue weighted by Crippen LogP contribution is 2.65. The average molecular weight is 477 g/mol. The Labute approximate surface area is 188 Å². The van der Waals surface area contributed by atoms with Crippen molar-refractivity contribution in [3.8, 4) is 5.75 Å². The van der Waals surface area contributed by atoms with E-state index in [4.69, 9.17) is 4.74 Å². The second-order valence-electron chi connectivity index (χ2n) is 8.85. The normalized spacial score (nSPS) is 32.5. The van der Waals surface area contributed by atoms with Crippen LogP contribution in [0, 0.1) is 35.5 Å². The lowest BCUT2D eigenvalue weighted by Gasteiger charge is -2.37. The van der Waals surface area contributed by atoms with Crippen LogP contribution in [0.3, 0.4) is 0 Å². The molecule has 4 aliphatic carbocycles. The standard InChI is InChI=1S/C25H21BrN2O3/c26-20-10-15(6-9-21(20)31-13-14-4-2-1-3-5-14)12-27-28-24(29)22-16-7-8-17(19-11-18(16)19)23(22)25(28)30/h1-10,12,16-19,22-23H,11,13H2/b27-12-/t16-,17-,18-,19+,22+,23-/m1/s1. The van der Waals surface area contributed by atoms with Crippen molar-refractivity contribution in [2.75, 3.05) is 0 Å². The quantitative estimate of drug-likeness (QED) is 0.364. The summed E-state index contributed by atoms with van der Waals surface area (Å²) in [4.78, 5) is 26.0. The van der Waals surface area contributed by atoms with Gasteiger partial charge in [-0.05, 0) is 75.3 Å². The number of hydrazone groups is 1. The lowest BCUT2D eigenvalue weighted by molar-refractivity contribution is -0.140. The van der Waals surface area contributed by atoms with Gasteiger partial charge in [-0.2, -0.15) is 10.1 Å². The largest absolute Gasteiger partial charge is 0.488 e. The Balaban J connectivity index is 1.16. The zero-order chi connectivity index (χ0) is 21.1. The lowest BCUT2D eigenvalue weighted by Crippen LogP contribution is -2.40. The molecule has 31 heavy (non-hydrogen) atoms. The number of imide groups is 1. The molecule has 0 radical (unpaired) electrons. The summed E-state index contributed by atoms with van der Waals surface area (Å²) in [6, 6.07) is 15.6. The molecule has 5 nitrogen and oxygen atoms in total. The van der Waals surface area contributed by atoms with E-state index in [1.54, 1.807) is 6.21 Å². The van der Waals surface area contributed by atoms with Gasteiger partial charge in [0, 0.05) is 0 Å². The van der Waals surface area contributed by atoms with E-state index in [1.165, 1.54) is 0 Å². The van der Waals surface area contributed by atoms with E-state index in [1.807, 2.05) is 48.5 Å². The second kappa shape index (κ2) is 7.16. The van der Waals surface area contributed by atoms with Crippen molar-refractivity contribution in [3.63, 3.8) is 0 Å². The highest BCUT2D eigenvalue weighted by molar-refractivity contribution is 9.10. The summed E-state index contributed by atoms with van der Waals surface area (Å²) in [5, 5.41) is 5.41. The minimum absolute atomic E-state index is 0.141. The van der Waals surface area contributed by atoms with Gasteiger partial charge in [-0.1, -0.05) is 42.5 Å². The fourth-order valence-electron chi connectivity index (χ4n) is 5.63. The Kier molecular flexibility index (Phi) is 4.39. The van der Waals surface area contributed by atoms with Crippen LogP contribution in [-0.2, 0) is 16.2 Å². The van der Waals surface area contributed by atoms with E-state index in [9.17, 15) is 9.59 Å². The van der Waals surface area contributed by atoms with E-state index in [0.29, 0.717) is 18.4 Å². The lowest BCUT2D eigenvalue weighted by atomic mass is 9.63. The van der Waals surface area contributed by atoms with Crippen LogP contribution in [0.25, 0.3) is 0 Å². The molecule has 7 rings (SSSR count). The minimum atomic E-state index is -0.219. The van der Waals surface area contributed by atoms with Gasteiger partial charge in [0.1, 0.15) is 12.4 Å². The number of rotatable bonds is 5. The third kappa shape index (κ3) is 3.07. The number of allylic oxidation sites excluding steroid dienone is 2. The number of carbonyl (C=O) groups is 2. The number of nitrogens with zero attached hydrogens (tertiary/aromatic N) is 2. The van der Waals surface area contributed by atoms with Gasteiger partial charge in [0.2, 0.25) is 0 Å². The van der Waals surface area contributed by atoms with Crippen LogP contribution < -0.4 is 4.74 Å². The van der Waals surface area contributed by atoms with Crippen LogP contribution in [0.15, 0.2) is 70.3 Å². The monoisotopic (exact) mass is 476 g/mol. The van der Waals surface area contributed by atoms with E-state index in [-0.39, 0.29) is 35.5 Å². The first-order valence-electron chi connectivity index (χ1n) is 10.7. The molecule has 2 aromatic rings. The van der Waals surface area contributed by atoms with Crippen molar-refractivity contribution in [1.82, 2.24) is 5.01 Å². The molecular weight excluding hydrogens is 456 g/mol. The molecule has 0 aromatic heterocycles. The molecule has 3 fully saturated rings. The maximum Gasteiger partial charge on any atom is 0.254 e. The third-order valence-corrected chi connectivity index (χ3v) is 7.77. The number of hydrogen-bond donors (Lipinski definition) is 0. The number of ether oxygens (including phenoxy) is 1. The summed E-state index contributed by atoms with van der Waals surface area (Å²) >= 11 is 3.54. The molecule has 2 saturated carbocycles. The average Bonchev–Trinajstić information content (AvgIpc) is 3.57. The molecule has 2 bridgehead atoms. The molecule has 6 heteroatoms. The van der Waals surface area contributed by atoms with Gasteiger partial charge in [-0.3, -0.25) is 9.59 Å². The summed E-state index contributed by atoms with van der Waals surface area (Å²) in [7, 11) is 0. The maximum absolute atomic E-state index is 13.0. The second-order valence-corrected chi connectivity index (χ2v) is 9.71. The Morgan fingerprint density at radius 1 is 1.00 bits per heavy atom. The van der Waals surface area contributed by atoms with Crippen molar-refractivity contribution in [2.45, 2.75) is 13.0 Å². The van der Waals surface area contributed by atoms with Crippen LogP contribution >= 0.6 is 15.9 Å². The van der Waals surface area contributed by atoms with Crippen molar-refractivity contribution >= 4 is 34.0 Å². The summed E-state index contributed by atoms with van der Waals surface area (Å²) in [6.07, 6.45) is 7.08. The van der Waals surface area contributed by atoms with Crippen LogP contribution in [0.4, 0.5) is 0 Å². The predicted molar refractivity (Wildman–Crippen MR) is 119 cm³/mol. The molecular formula is C25H21BrN2O3. The Bertz CT molecular complexity index is 1090. The van der Waals surface area contributed by atoms with E-state index in [0.717, 1.165) is 32.8 Å². The van der Waals surface area contributed by atoms with Crippen LogP contribution in [-0.4, -0.2) is 23.0 Å². The molecule has 156 valence electrons. The molecule has 2 amide bonds. The number of benzene rings is 2. The van der Waals surface area contributed by atoms with E-state index < -0.39 is 0 Å². The van der Waals surface area contributed by atoms with E-state index >= 15 is 0 Å². The Morgan fingerprint density at radius 3 is 2.32 bits per heavy atom. The van der Waals surface area contributed by atoms with Gasteiger partial charge < -0.3 is 4.74 Å². The van der Waals surface area contributed by atoms with Crippen molar-refractivity contribution in [3.05, 3.63) is 76.3 Å². The Morgan fingerprint density at radius 2 is 1.68 bits per heavy atom. The van der Waals surface area contributed by atoms with Gasteiger partial charge in [-0.25, -0.2) is 0 Å². The van der Waals surface area contributed by atoms with Gasteiger partial charge in [0.15, 0.2) is 0 Å². The predicted octanol–water partition coefficient (Wildman–Crippen LogP) is 4.42. The summed E-state index contributed by atoms with van der Waals surface area (Å²) in [6.45, 7) is 0.477. The number of halogens is 1. The molecule has 0 N–H and O–H groups in total. The summed E-state index contributed by atoms with van der Waals surface area (Å²) < 4.78 is 6.68. The molecule has 5 aliphatic rings. The SMILES string of the molecule is O=C1[C@@H]2[C@@H]3C=C[C@H]([C@H]4C[C@@H]34)[C@@H]2C(=O)N1/N=C\c1ccc(OCc2ccccc2)c(Br)c1. The highest BCUT2D eigenvalue weighted by atomic mass is 79.9. The zero-order valence-corrected chi connectivity index (χ0v) is 18.3. The molecule has 6 atom stereocenters. The van der Waals surface area contributed by atoms with E-state index in [2.05, 4.69) is 33.2 Å². The molecule has 0 unspecified atom stereocenters. The molecule has 1 saturated heterocycles. The molecule has 1 heterocycles. The zero-order valence-electron chi connectivity index (χ0n) is 16.7. The summed E-state index contributed by atoms with van der Waals surface area (Å²) in [5.41, 5.74) is 1.88. The number of carbonyl (C=O) groups excluding carboxylic acids is 2. The number of hydrogen-bond acceptors (Lipinski definition) is 4. The minimum Gasteiger partial charge on any atom is -0.488 e. The van der Waals surface area contributed by atoms with Crippen molar-refractivity contribution in [1.29, 1.82) is 0 Å². The molecule has 1 aliphatic heterocycles. The first kappa shape index (κ1) is 19.0. The molecule has 0 spiro atoms. The maximum atomic E-state index is 13.0. The smallest absolute Gasteiger partial charge is 0.254 e. The summed E-state index contributed by atoms with van der Waals surface area (Å²) in [5.74, 6) is 1.62. The van der Waals surface area contributed by atoms with Crippen LogP contribution in [0.5, 0.6) is 5.75 Å². The van der Waals surface area contributed by atoms with Gasteiger partial charge in [-0.15, -0.1) is 0 Å². The fourth-order valence-corrected chi connectivity index (χ4v) is 6.14. The molecule has 2 aromatic carbocycles. The van der Waals surface area contributed by atoms with Crippen LogP contribution in [0.2, 0.25) is 0 Å². The fraction of sp³-hybridized carbons (Fsp3) is 0.320. The van der Waals surface area contributed by atoms with Gasteiger partial charge in [0.05, 0.1) is 22.5 Å². The number of amides is 2.